The van der Waals surface area contributed by atoms with Gasteiger partial charge in [0.1, 0.15) is 5.75 Å². The Morgan fingerprint density at radius 2 is 1.59 bits per heavy atom. The minimum atomic E-state index is 0. The fourth-order valence-electron chi connectivity index (χ4n) is 3.22. The average molecular weight is 406 g/mol. The number of ether oxygens (including phenoxy) is 1. The van der Waals surface area contributed by atoms with Crippen molar-refractivity contribution in [3.05, 3.63) is 58.1 Å². The summed E-state index contributed by atoms with van der Waals surface area (Å²) >= 11 is 0. The van der Waals surface area contributed by atoms with Crippen LogP contribution < -0.4 is 10.0 Å². The molecule has 2 nitrogen and oxygen atoms in total. The standard InChI is InChI=1S/C25H35O2P.Li.H/c1-16(2)11-12-27-21-9-10-22(17(3)15-21)28-24(26)23-18(4)13-20(14-19(23)5)25(6,7)8;;/h9-10,13-16,28H,11-12H2,1-8H3;;. The molecule has 4 heteroatoms. The Morgan fingerprint density at radius 3 is 2.07 bits per heavy atom. The van der Waals surface area contributed by atoms with Crippen LogP contribution in [-0.4, -0.2) is 31.0 Å². The Hall–Kier alpha value is -1.06. The Labute approximate surface area is 191 Å². The van der Waals surface area contributed by atoms with E-state index in [9.17, 15) is 4.79 Å². The van der Waals surface area contributed by atoms with Crippen molar-refractivity contribution in [1.29, 1.82) is 0 Å². The van der Waals surface area contributed by atoms with E-state index < -0.39 is 0 Å². The van der Waals surface area contributed by atoms with Gasteiger partial charge in [-0.15, -0.1) is 0 Å². The molecule has 0 N–H and O–H groups in total. The van der Waals surface area contributed by atoms with Crippen molar-refractivity contribution in [2.75, 3.05) is 6.61 Å². The summed E-state index contributed by atoms with van der Waals surface area (Å²) in [6, 6.07) is 10.4. The van der Waals surface area contributed by atoms with Crippen molar-refractivity contribution in [3.63, 3.8) is 0 Å². The van der Waals surface area contributed by atoms with Gasteiger partial charge in [0.15, 0.2) is 5.52 Å². The van der Waals surface area contributed by atoms with Crippen LogP contribution in [0.3, 0.4) is 0 Å². The van der Waals surface area contributed by atoms with Crippen LogP contribution in [0.25, 0.3) is 0 Å². The number of aryl methyl sites for hydroxylation is 3. The number of carbonyl (C=O) groups excluding carboxylic acids is 1. The Balaban J connectivity index is 0.00000420. The Morgan fingerprint density at radius 1 is 1.00 bits per heavy atom. The fourth-order valence-corrected chi connectivity index (χ4v) is 4.42. The minimum absolute atomic E-state index is 0. The molecule has 2 rings (SSSR count). The van der Waals surface area contributed by atoms with E-state index in [-0.39, 0.29) is 38.4 Å². The number of rotatable bonds is 7. The quantitative estimate of drug-likeness (QED) is 0.427. The second-order valence-electron chi connectivity index (χ2n) is 9.20. The predicted octanol–water partition coefficient (Wildman–Crippen LogP) is 5.83. The number of hydrogen-bond donors (Lipinski definition) is 0. The molecule has 29 heavy (non-hydrogen) atoms. The molecule has 0 aliphatic carbocycles. The van der Waals surface area contributed by atoms with E-state index in [0.29, 0.717) is 5.92 Å². The fraction of sp³-hybridized carbons (Fsp3) is 0.480. The van der Waals surface area contributed by atoms with Crippen molar-refractivity contribution in [2.24, 2.45) is 5.92 Å². The van der Waals surface area contributed by atoms with Crippen LogP contribution in [0.5, 0.6) is 5.75 Å². The van der Waals surface area contributed by atoms with Gasteiger partial charge in [0.2, 0.25) is 0 Å². The van der Waals surface area contributed by atoms with E-state index in [1.807, 2.05) is 12.1 Å². The van der Waals surface area contributed by atoms with Crippen LogP contribution in [0.4, 0.5) is 0 Å². The van der Waals surface area contributed by atoms with Gasteiger partial charge in [-0.3, -0.25) is 4.79 Å². The van der Waals surface area contributed by atoms with Gasteiger partial charge in [-0.2, -0.15) is 0 Å². The zero-order valence-corrected chi connectivity index (χ0v) is 19.7. The van der Waals surface area contributed by atoms with Crippen LogP contribution in [-0.2, 0) is 5.41 Å². The molecule has 1 unspecified atom stereocenters. The molecule has 0 amide bonds. The summed E-state index contributed by atoms with van der Waals surface area (Å²) in [5.74, 6) is 1.52. The van der Waals surface area contributed by atoms with E-state index in [0.717, 1.165) is 46.3 Å². The molecule has 0 spiro atoms. The SMILES string of the molecule is Cc1cc(OCCC(C)C)ccc1PC(=O)c1c(C)cc(C(C)(C)C)cc1C.[LiH]. The third kappa shape index (κ3) is 7.29. The van der Waals surface area contributed by atoms with Crippen LogP contribution in [0.1, 0.15) is 73.7 Å². The molecule has 2 aromatic rings. The molecule has 154 valence electrons. The summed E-state index contributed by atoms with van der Waals surface area (Å²) in [6.45, 7) is 17.9. The van der Waals surface area contributed by atoms with Gasteiger partial charge in [0, 0.05) is 5.56 Å². The van der Waals surface area contributed by atoms with Crippen LogP contribution >= 0.6 is 8.58 Å². The summed E-state index contributed by atoms with van der Waals surface area (Å²) in [7, 11) is 0.131. The van der Waals surface area contributed by atoms with Crippen LogP contribution in [0.2, 0.25) is 0 Å². The van der Waals surface area contributed by atoms with E-state index in [4.69, 9.17) is 4.74 Å². The molecular formula is C25H36LiO2P. The zero-order chi connectivity index (χ0) is 21.1. The van der Waals surface area contributed by atoms with Crippen molar-refractivity contribution in [1.82, 2.24) is 0 Å². The summed E-state index contributed by atoms with van der Waals surface area (Å²) in [4.78, 5) is 13.1. The summed E-state index contributed by atoms with van der Waals surface area (Å²) in [6.07, 6.45) is 1.05. The topological polar surface area (TPSA) is 26.3 Å². The van der Waals surface area contributed by atoms with Gasteiger partial charge >= 0.3 is 18.9 Å². The molecule has 0 fully saturated rings. The first-order chi connectivity index (χ1) is 13.0. The molecule has 0 saturated heterocycles. The molecule has 0 aliphatic heterocycles. The predicted molar refractivity (Wildman–Crippen MR) is 130 cm³/mol. The molecule has 0 radical (unpaired) electrons. The normalized spacial score (nSPS) is 11.8. The van der Waals surface area contributed by atoms with Crippen molar-refractivity contribution >= 4 is 38.3 Å². The Bertz CT molecular complexity index is 827. The summed E-state index contributed by atoms with van der Waals surface area (Å²) in [5.41, 5.74) is 5.73. The molecule has 0 heterocycles. The van der Waals surface area contributed by atoms with E-state index in [2.05, 4.69) is 73.6 Å². The van der Waals surface area contributed by atoms with Gasteiger partial charge in [-0.1, -0.05) is 52.8 Å². The van der Waals surface area contributed by atoms with Gasteiger partial charge < -0.3 is 4.74 Å². The van der Waals surface area contributed by atoms with Crippen molar-refractivity contribution in [2.45, 2.75) is 67.2 Å². The second kappa shape index (κ2) is 10.8. The van der Waals surface area contributed by atoms with Gasteiger partial charge in [-0.25, -0.2) is 0 Å². The molecule has 0 saturated carbocycles. The average Bonchev–Trinajstić information content (AvgIpc) is 2.55. The van der Waals surface area contributed by atoms with E-state index in [1.165, 1.54) is 5.56 Å². The van der Waals surface area contributed by atoms with Gasteiger partial charge in [0.05, 0.1) is 6.61 Å². The van der Waals surface area contributed by atoms with Gasteiger partial charge in [-0.05, 0) is 86.8 Å². The van der Waals surface area contributed by atoms with E-state index in [1.54, 1.807) is 0 Å². The molecule has 0 aromatic heterocycles. The third-order valence-corrected chi connectivity index (χ3v) is 6.34. The maximum absolute atomic E-state index is 13.1. The first-order valence-corrected chi connectivity index (χ1v) is 11.2. The van der Waals surface area contributed by atoms with Gasteiger partial charge in [0.25, 0.3) is 0 Å². The van der Waals surface area contributed by atoms with Crippen molar-refractivity contribution in [3.8, 4) is 5.75 Å². The monoisotopic (exact) mass is 406 g/mol. The number of carbonyl (C=O) groups is 1. The first-order valence-electron chi connectivity index (χ1n) is 10.2. The number of benzene rings is 2. The maximum atomic E-state index is 13.1. The Kier molecular flexibility index (Phi) is 9.68. The van der Waals surface area contributed by atoms with Crippen molar-refractivity contribution < 1.29 is 9.53 Å². The first kappa shape index (κ1) is 26.0. The molecule has 1 atom stereocenters. The van der Waals surface area contributed by atoms with E-state index >= 15 is 0 Å². The zero-order valence-electron chi connectivity index (χ0n) is 18.7. The summed E-state index contributed by atoms with van der Waals surface area (Å²) < 4.78 is 5.84. The summed E-state index contributed by atoms with van der Waals surface area (Å²) in [5, 5.41) is 1.10. The molecule has 0 bridgehead atoms. The molecular weight excluding hydrogens is 370 g/mol. The van der Waals surface area contributed by atoms with Crippen LogP contribution in [0.15, 0.2) is 30.3 Å². The molecule has 0 aliphatic rings. The molecule has 2 aromatic carbocycles. The van der Waals surface area contributed by atoms with Crippen LogP contribution in [0, 0.1) is 26.7 Å². The number of hydrogen-bond acceptors (Lipinski definition) is 2. The second-order valence-corrected chi connectivity index (χ2v) is 10.4. The third-order valence-electron chi connectivity index (χ3n) is 5.04.